The number of hydrazone groups is 1. The highest BCUT2D eigenvalue weighted by Crippen LogP contribution is 2.18. The van der Waals surface area contributed by atoms with Crippen LogP contribution >= 0.6 is 0 Å². The number of rotatable bonds is 5. The van der Waals surface area contributed by atoms with Crippen molar-refractivity contribution in [3.63, 3.8) is 0 Å². The van der Waals surface area contributed by atoms with Crippen LogP contribution in [0.3, 0.4) is 0 Å². The van der Waals surface area contributed by atoms with Crippen LogP contribution in [0.5, 0.6) is 0 Å². The van der Waals surface area contributed by atoms with Gasteiger partial charge in [0, 0.05) is 0 Å². The number of nitrogens with one attached hydrogen (secondary N) is 1. The first-order valence-corrected chi connectivity index (χ1v) is 9.20. The summed E-state index contributed by atoms with van der Waals surface area (Å²) < 4.78 is 29.3. The van der Waals surface area contributed by atoms with Crippen LogP contribution in [-0.2, 0) is 14.8 Å². The summed E-state index contributed by atoms with van der Waals surface area (Å²) in [5.74, 6) is -0.439. The van der Waals surface area contributed by atoms with Crippen molar-refractivity contribution in [3.8, 4) is 0 Å². The van der Waals surface area contributed by atoms with Crippen LogP contribution in [0.2, 0.25) is 0 Å². The topological polar surface area (TPSA) is 84.8 Å². The Balaban J connectivity index is 1.74. The van der Waals surface area contributed by atoms with Gasteiger partial charge >= 0.3 is 5.97 Å². The molecule has 0 saturated heterocycles. The third kappa shape index (κ3) is 3.89. The minimum atomic E-state index is -3.77. The molecule has 3 rings (SSSR count). The standard InChI is InChI=1S/C19H16N2O4S/c1-25-19(22)16-8-6-14(7-9-16)13-20-21-26(23,24)18-11-10-15-4-2-3-5-17(15)12-18/h2-13,21H,1H3. The molecular formula is C19H16N2O4S. The molecule has 0 aliphatic rings. The second kappa shape index (κ2) is 7.37. The summed E-state index contributed by atoms with van der Waals surface area (Å²) in [7, 11) is -2.46. The molecule has 7 heteroatoms. The van der Waals surface area contributed by atoms with E-state index in [1.54, 1.807) is 36.4 Å². The molecule has 0 atom stereocenters. The predicted octanol–water partition coefficient (Wildman–Crippen LogP) is 2.94. The lowest BCUT2D eigenvalue weighted by Gasteiger charge is -2.05. The number of carbonyl (C=O) groups excluding carboxylic acids is 1. The minimum Gasteiger partial charge on any atom is -0.465 e. The van der Waals surface area contributed by atoms with Crippen LogP contribution in [-0.4, -0.2) is 27.7 Å². The largest absolute Gasteiger partial charge is 0.465 e. The number of nitrogens with zero attached hydrogens (tertiary/aromatic N) is 1. The Hall–Kier alpha value is -3.19. The monoisotopic (exact) mass is 368 g/mol. The second-order valence-corrected chi connectivity index (χ2v) is 7.14. The summed E-state index contributed by atoms with van der Waals surface area (Å²) in [6.45, 7) is 0. The van der Waals surface area contributed by atoms with Gasteiger partial charge in [0.2, 0.25) is 0 Å². The van der Waals surface area contributed by atoms with E-state index in [1.807, 2.05) is 24.3 Å². The van der Waals surface area contributed by atoms with E-state index >= 15 is 0 Å². The van der Waals surface area contributed by atoms with Crippen molar-refractivity contribution in [1.29, 1.82) is 0 Å². The Bertz CT molecular complexity index is 1070. The van der Waals surface area contributed by atoms with E-state index in [-0.39, 0.29) is 4.90 Å². The van der Waals surface area contributed by atoms with Gasteiger partial charge in [0.05, 0.1) is 23.8 Å². The lowest BCUT2D eigenvalue weighted by molar-refractivity contribution is 0.0600. The molecule has 0 saturated carbocycles. The first-order valence-electron chi connectivity index (χ1n) is 7.72. The fourth-order valence-corrected chi connectivity index (χ4v) is 3.21. The van der Waals surface area contributed by atoms with Crippen molar-refractivity contribution in [2.45, 2.75) is 4.90 Å². The van der Waals surface area contributed by atoms with Crippen LogP contribution in [0.4, 0.5) is 0 Å². The van der Waals surface area contributed by atoms with Gasteiger partial charge in [-0.15, -0.1) is 0 Å². The summed E-state index contributed by atoms with van der Waals surface area (Å²) in [5, 5.41) is 5.58. The molecule has 0 bridgehead atoms. The fourth-order valence-electron chi connectivity index (χ4n) is 2.38. The lowest BCUT2D eigenvalue weighted by Crippen LogP contribution is -2.18. The molecule has 0 aliphatic heterocycles. The fraction of sp³-hybridized carbons (Fsp3) is 0.0526. The van der Waals surface area contributed by atoms with Gasteiger partial charge in [-0.25, -0.2) is 9.63 Å². The molecule has 0 aliphatic carbocycles. The molecule has 0 fully saturated rings. The van der Waals surface area contributed by atoms with Crippen molar-refractivity contribution >= 4 is 33.0 Å². The molecule has 132 valence electrons. The molecule has 1 N–H and O–H groups in total. The summed E-state index contributed by atoms with van der Waals surface area (Å²) in [6, 6.07) is 18.8. The first kappa shape index (κ1) is 17.6. The van der Waals surface area contributed by atoms with E-state index in [9.17, 15) is 13.2 Å². The molecule has 6 nitrogen and oxygen atoms in total. The molecule has 0 spiro atoms. The number of carbonyl (C=O) groups is 1. The van der Waals surface area contributed by atoms with Gasteiger partial charge in [0.15, 0.2) is 0 Å². The van der Waals surface area contributed by atoms with Crippen LogP contribution in [0.25, 0.3) is 10.8 Å². The van der Waals surface area contributed by atoms with Gasteiger partial charge in [-0.05, 0) is 40.6 Å². The zero-order valence-corrected chi connectivity index (χ0v) is 14.7. The number of hydrogen-bond donors (Lipinski definition) is 1. The number of fused-ring (bicyclic) bond motifs is 1. The van der Waals surface area contributed by atoms with E-state index in [0.717, 1.165) is 10.8 Å². The number of esters is 1. The Morgan fingerprint density at radius 2 is 1.69 bits per heavy atom. The molecule has 3 aromatic carbocycles. The van der Waals surface area contributed by atoms with E-state index in [4.69, 9.17) is 0 Å². The van der Waals surface area contributed by atoms with Crippen LogP contribution in [0.15, 0.2) is 76.7 Å². The molecule has 0 unspecified atom stereocenters. The predicted molar refractivity (Wildman–Crippen MR) is 99.6 cm³/mol. The molecule has 0 aromatic heterocycles. The molecule has 0 amide bonds. The molecule has 3 aromatic rings. The first-order chi connectivity index (χ1) is 12.5. The number of ether oxygens (including phenoxy) is 1. The summed E-state index contributed by atoms with van der Waals surface area (Å²) >= 11 is 0. The van der Waals surface area contributed by atoms with Crippen LogP contribution in [0, 0.1) is 0 Å². The maximum atomic E-state index is 12.4. The molecule has 0 radical (unpaired) electrons. The van der Waals surface area contributed by atoms with E-state index in [1.165, 1.54) is 19.4 Å². The van der Waals surface area contributed by atoms with Crippen molar-refractivity contribution in [1.82, 2.24) is 4.83 Å². The van der Waals surface area contributed by atoms with Gasteiger partial charge in [0.25, 0.3) is 10.0 Å². The Kier molecular flexibility index (Phi) is 4.99. The molecular weight excluding hydrogens is 352 g/mol. The zero-order valence-electron chi connectivity index (χ0n) is 13.9. The maximum Gasteiger partial charge on any atom is 0.337 e. The summed E-state index contributed by atoms with van der Waals surface area (Å²) in [5.41, 5.74) is 1.04. The normalized spacial score (nSPS) is 11.6. The highest BCUT2D eigenvalue weighted by atomic mass is 32.2. The average molecular weight is 368 g/mol. The van der Waals surface area contributed by atoms with Crippen molar-refractivity contribution < 1.29 is 17.9 Å². The smallest absolute Gasteiger partial charge is 0.337 e. The highest BCUT2D eigenvalue weighted by molar-refractivity contribution is 7.89. The van der Waals surface area contributed by atoms with E-state index in [0.29, 0.717) is 11.1 Å². The Labute approximate surface area is 151 Å². The third-order valence-corrected chi connectivity index (χ3v) is 4.97. The minimum absolute atomic E-state index is 0.134. The number of sulfonamides is 1. The quantitative estimate of drug-likeness (QED) is 0.426. The zero-order chi connectivity index (χ0) is 18.6. The van der Waals surface area contributed by atoms with Gasteiger partial charge in [-0.2, -0.15) is 13.5 Å². The van der Waals surface area contributed by atoms with E-state index in [2.05, 4.69) is 14.7 Å². The second-order valence-electron chi connectivity index (χ2n) is 5.48. The van der Waals surface area contributed by atoms with Crippen molar-refractivity contribution in [2.24, 2.45) is 5.10 Å². The Morgan fingerprint density at radius 1 is 1.00 bits per heavy atom. The number of methoxy groups -OCH3 is 1. The van der Waals surface area contributed by atoms with Gasteiger partial charge in [-0.3, -0.25) is 0 Å². The summed E-state index contributed by atoms with van der Waals surface area (Å²) in [4.78, 5) is 13.7. The lowest BCUT2D eigenvalue weighted by atomic mass is 10.1. The summed E-state index contributed by atoms with van der Waals surface area (Å²) in [6.07, 6.45) is 1.36. The van der Waals surface area contributed by atoms with Gasteiger partial charge in [0.1, 0.15) is 0 Å². The van der Waals surface area contributed by atoms with Gasteiger partial charge < -0.3 is 4.74 Å². The van der Waals surface area contributed by atoms with Crippen LogP contribution in [0.1, 0.15) is 15.9 Å². The van der Waals surface area contributed by atoms with Crippen molar-refractivity contribution in [2.75, 3.05) is 7.11 Å². The SMILES string of the molecule is COC(=O)c1ccc(C=NNS(=O)(=O)c2ccc3ccccc3c2)cc1. The third-order valence-electron chi connectivity index (χ3n) is 3.75. The molecule has 26 heavy (non-hydrogen) atoms. The van der Waals surface area contributed by atoms with Gasteiger partial charge in [-0.1, -0.05) is 42.5 Å². The maximum absolute atomic E-state index is 12.4. The average Bonchev–Trinajstić information content (AvgIpc) is 2.67. The number of hydrogen-bond acceptors (Lipinski definition) is 5. The Morgan fingerprint density at radius 3 is 2.38 bits per heavy atom. The van der Waals surface area contributed by atoms with E-state index < -0.39 is 16.0 Å². The van der Waals surface area contributed by atoms with Crippen molar-refractivity contribution in [3.05, 3.63) is 77.9 Å². The highest BCUT2D eigenvalue weighted by Gasteiger charge is 2.13. The molecule has 0 heterocycles. The van der Waals surface area contributed by atoms with Crippen LogP contribution < -0.4 is 4.83 Å². The number of benzene rings is 3.